The van der Waals surface area contributed by atoms with E-state index in [4.69, 9.17) is 5.41 Å². The van der Waals surface area contributed by atoms with Crippen molar-refractivity contribution in [2.75, 3.05) is 0 Å². The van der Waals surface area contributed by atoms with Crippen molar-refractivity contribution in [2.24, 2.45) is 0 Å². The van der Waals surface area contributed by atoms with E-state index in [-0.39, 0.29) is 0 Å². The predicted octanol–water partition coefficient (Wildman–Crippen LogP) is 1.26. The second kappa shape index (κ2) is 2.62. The highest BCUT2D eigenvalue weighted by Gasteiger charge is 2.25. The van der Waals surface area contributed by atoms with Gasteiger partial charge in [-0.1, -0.05) is 19.6 Å². The molecule has 2 nitrogen and oxygen atoms in total. The minimum atomic E-state index is -1.49. The van der Waals surface area contributed by atoms with E-state index in [1.807, 2.05) is 0 Å². The summed E-state index contributed by atoms with van der Waals surface area (Å²) < 4.78 is 0. The van der Waals surface area contributed by atoms with Gasteiger partial charge in [0.15, 0.2) is 0 Å². The summed E-state index contributed by atoms with van der Waals surface area (Å²) in [6.45, 7) is 7.81. The van der Waals surface area contributed by atoms with Crippen molar-refractivity contribution >= 4 is 13.8 Å². The molecular weight excluding hydrogens is 130 g/mol. The Bertz CT molecular complexity index is 117. The van der Waals surface area contributed by atoms with Crippen molar-refractivity contribution in [2.45, 2.75) is 32.3 Å². The van der Waals surface area contributed by atoms with Crippen molar-refractivity contribution in [3.63, 3.8) is 0 Å². The Hall–Kier alpha value is -0.153. The van der Waals surface area contributed by atoms with Crippen LogP contribution < -0.4 is 0 Å². The first-order chi connectivity index (χ1) is 3.85. The van der Waals surface area contributed by atoms with E-state index in [1.54, 1.807) is 6.92 Å². The lowest BCUT2D eigenvalue weighted by Gasteiger charge is -2.22. The highest BCUT2D eigenvalue weighted by molar-refractivity contribution is 6.80. The molecule has 0 saturated carbocycles. The normalized spacial score (nSPS) is 15.2. The Morgan fingerprint density at radius 1 is 1.44 bits per heavy atom. The molecule has 3 heteroatoms. The zero-order valence-corrected chi connectivity index (χ0v) is 7.52. The largest absolute Gasteiger partial charge is 0.391 e. The number of aliphatic hydroxyl groups is 1. The van der Waals surface area contributed by atoms with Gasteiger partial charge >= 0.3 is 0 Å². The fourth-order valence-corrected chi connectivity index (χ4v) is 1.95. The monoisotopic (exact) mass is 145 g/mol. The first-order valence-corrected chi connectivity index (χ1v) is 6.66. The van der Waals surface area contributed by atoms with Gasteiger partial charge < -0.3 is 10.5 Å². The van der Waals surface area contributed by atoms with Gasteiger partial charge in [0.1, 0.15) is 0 Å². The van der Waals surface area contributed by atoms with Gasteiger partial charge in [-0.05, 0) is 6.92 Å². The number of rotatable bonds is 2. The van der Waals surface area contributed by atoms with Crippen LogP contribution in [0.3, 0.4) is 0 Å². The van der Waals surface area contributed by atoms with Crippen molar-refractivity contribution in [3.05, 3.63) is 0 Å². The Labute approximate surface area is 57.4 Å². The lowest BCUT2D eigenvalue weighted by atomic mass is 10.5. The van der Waals surface area contributed by atoms with Crippen LogP contribution in [0.25, 0.3) is 0 Å². The smallest absolute Gasteiger partial charge is 0.0854 e. The molecule has 0 radical (unpaired) electrons. The molecule has 54 valence electrons. The molecule has 0 aliphatic rings. The number of hydrogen-bond donors (Lipinski definition) is 2. The summed E-state index contributed by atoms with van der Waals surface area (Å²) in [6, 6.07) is 0. The lowest BCUT2D eigenvalue weighted by molar-refractivity contribution is 0.306. The average molecular weight is 145 g/mol. The molecule has 0 aromatic carbocycles. The Kier molecular flexibility index (Phi) is 2.58. The number of aliphatic hydroxyl groups excluding tert-OH is 1. The van der Waals surface area contributed by atoms with Crippen molar-refractivity contribution in [1.82, 2.24) is 0 Å². The van der Waals surface area contributed by atoms with Gasteiger partial charge in [-0.2, -0.15) is 0 Å². The van der Waals surface area contributed by atoms with Crippen LogP contribution in [0.1, 0.15) is 6.92 Å². The third-order valence-electron chi connectivity index (χ3n) is 1.23. The zero-order chi connectivity index (χ0) is 7.65. The van der Waals surface area contributed by atoms with E-state index in [0.29, 0.717) is 5.71 Å². The van der Waals surface area contributed by atoms with Crippen LogP contribution in [0, 0.1) is 5.41 Å². The molecule has 0 saturated heterocycles. The van der Waals surface area contributed by atoms with Crippen molar-refractivity contribution in [1.29, 1.82) is 5.41 Å². The first kappa shape index (κ1) is 8.85. The van der Waals surface area contributed by atoms with E-state index in [0.717, 1.165) is 0 Å². The molecule has 0 amide bonds. The molecule has 0 fully saturated rings. The van der Waals surface area contributed by atoms with Gasteiger partial charge in [0.2, 0.25) is 0 Å². The van der Waals surface area contributed by atoms with Crippen LogP contribution in [0.15, 0.2) is 0 Å². The summed E-state index contributed by atoms with van der Waals surface area (Å²) in [5, 5.41) is 16.4. The van der Waals surface area contributed by atoms with Crippen LogP contribution >= 0.6 is 0 Å². The fraction of sp³-hybridized carbons (Fsp3) is 0.833. The van der Waals surface area contributed by atoms with Gasteiger partial charge in [0, 0.05) is 5.71 Å². The molecule has 2 N–H and O–H groups in total. The molecule has 1 atom stereocenters. The van der Waals surface area contributed by atoms with E-state index >= 15 is 0 Å². The third kappa shape index (κ3) is 2.77. The molecule has 0 aliphatic heterocycles. The second-order valence-corrected chi connectivity index (χ2v) is 8.73. The SMILES string of the molecule is CC(=N)C(O)[Si](C)(C)C. The van der Waals surface area contributed by atoms with Gasteiger partial charge in [-0.15, -0.1) is 0 Å². The summed E-state index contributed by atoms with van der Waals surface area (Å²) in [7, 11) is -1.49. The van der Waals surface area contributed by atoms with E-state index in [1.165, 1.54) is 0 Å². The summed E-state index contributed by atoms with van der Waals surface area (Å²) in [4.78, 5) is 0. The predicted molar refractivity (Wildman–Crippen MR) is 42.8 cm³/mol. The highest BCUT2D eigenvalue weighted by atomic mass is 28.3. The van der Waals surface area contributed by atoms with E-state index < -0.39 is 13.8 Å². The van der Waals surface area contributed by atoms with E-state index in [9.17, 15) is 5.11 Å². The topological polar surface area (TPSA) is 44.1 Å². The quantitative estimate of drug-likeness (QED) is 0.446. The Morgan fingerprint density at radius 2 is 1.78 bits per heavy atom. The first-order valence-electron chi connectivity index (χ1n) is 3.09. The molecule has 0 aromatic rings. The third-order valence-corrected chi connectivity index (χ3v) is 3.30. The lowest BCUT2D eigenvalue weighted by Crippen LogP contribution is -2.42. The summed E-state index contributed by atoms with van der Waals surface area (Å²) >= 11 is 0. The van der Waals surface area contributed by atoms with Crippen LogP contribution in [0.5, 0.6) is 0 Å². The number of hydrogen-bond acceptors (Lipinski definition) is 2. The maximum atomic E-state index is 9.30. The standard InChI is InChI=1S/C6H15NOSi/c1-5(7)6(8)9(2,3)4/h6-8H,1-4H3. The van der Waals surface area contributed by atoms with E-state index in [2.05, 4.69) is 19.6 Å². The molecule has 0 heterocycles. The van der Waals surface area contributed by atoms with Gasteiger partial charge in [0.05, 0.1) is 13.8 Å². The average Bonchev–Trinajstić information content (AvgIpc) is 1.62. The number of nitrogens with one attached hydrogen (secondary N) is 1. The van der Waals surface area contributed by atoms with Crippen molar-refractivity contribution < 1.29 is 5.11 Å². The zero-order valence-electron chi connectivity index (χ0n) is 6.52. The van der Waals surface area contributed by atoms with Gasteiger partial charge in [-0.3, -0.25) is 0 Å². The van der Waals surface area contributed by atoms with Crippen molar-refractivity contribution in [3.8, 4) is 0 Å². The molecule has 1 unspecified atom stereocenters. The minimum absolute atomic E-state index is 0.397. The molecule has 0 spiro atoms. The molecular formula is C6H15NOSi. The molecule has 9 heavy (non-hydrogen) atoms. The molecule has 0 bridgehead atoms. The Morgan fingerprint density at radius 3 is 1.78 bits per heavy atom. The molecule has 0 rings (SSSR count). The maximum Gasteiger partial charge on any atom is 0.0854 e. The van der Waals surface area contributed by atoms with Crippen LogP contribution in [0.4, 0.5) is 0 Å². The maximum absolute atomic E-state index is 9.30. The van der Waals surface area contributed by atoms with Crippen LogP contribution in [-0.4, -0.2) is 24.6 Å². The summed E-state index contributed by atoms with van der Waals surface area (Å²) in [6.07, 6.45) is 0. The minimum Gasteiger partial charge on any atom is -0.391 e. The highest BCUT2D eigenvalue weighted by Crippen LogP contribution is 2.07. The summed E-state index contributed by atoms with van der Waals surface area (Å²) in [5.41, 5.74) is -0.0633. The van der Waals surface area contributed by atoms with Crippen LogP contribution in [-0.2, 0) is 0 Å². The van der Waals surface area contributed by atoms with Crippen LogP contribution in [0.2, 0.25) is 19.6 Å². The Balaban J connectivity index is 4.04. The second-order valence-electron chi connectivity index (χ2n) is 3.45. The fourth-order valence-electron chi connectivity index (χ4n) is 0.650. The molecule has 0 aliphatic carbocycles. The molecule has 0 aromatic heterocycles. The summed E-state index contributed by atoms with van der Waals surface area (Å²) in [5.74, 6) is 0. The van der Waals surface area contributed by atoms with Gasteiger partial charge in [0.25, 0.3) is 0 Å². The van der Waals surface area contributed by atoms with Gasteiger partial charge in [-0.25, -0.2) is 0 Å².